The minimum absolute atomic E-state index is 0.0328. The highest BCUT2D eigenvalue weighted by Gasteiger charge is 2.30. The summed E-state index contributed by atoms with van der Waals surface area (Å²) in [6.07, 6.45) is -0.0629. The zero-order chi connectivity index (χ0) is 14.9. The van der Waals surface area contributed by atoms with Gasteiger partial charge >= 0.3 is 0 Å². The summed E-state index contributed by atoms with van der Waals surface area (Å²) in [6.45, 7) is 8.39. The van der Waals surface area contributed by atoms with E-state index in [9.17, 15) is 0 Å². The molecule has 2 aromatic carbocycles. The van der Waals surface area contributed by atoms with E-state index < -0.39 is 0 Å². The van der Waals surface area contributed by atoms with E-state index in [0.717, 1.165) is 21.5 Å². The maximum Gasteiger partial charge on any atom is 0.127 e. The number of ether oxygens (including phenoxy) is 1. The van der Waals surface area contributed by atoms with Gasteiger partial charge in [-0.25, -0.2) is 0 Å². The molecule has 2 unspecified atom stereocenters. The van der Waals surface area contributed by atoms with Crippen LogP contribution < -0.4 is 10.5 Å². The van der Waals surface area contributed by atoms with Crippen molar-refractivity contribution in [2.24, 2.45) is 11.1 Å². The lowest BCUT2D eigenvalue weighted by Gasteiger charge is -2.34. The van der Waals surface area contributed by atoms with E-state index in [4.69, 9.17) is 22.1 Å². The summed E-state index contributed by atoms with van der Waals surface area (Å²) in [5.41, 5.74) is 6.06. The monoisotopic (exact) mass is 291 g/mol. The SMILES string of the molecule is CC(N)C(Oc1ccc(Cl)c2ccccc12)C(C)(C)C. The highest BCUT2D eigenvalue weighted by molar-refractivity contribution is 6.35. The number of rotatable bonds is 3. The summed E-state index contributed by atoms with van der Waals surface area (Å²) in [5.74, 6) is 0.835. The molecular weight excluding hydrogens is 270 g/mol. The Bertz CT molecular complexity index is 601. The second kappa shape index (κ2) is 5.63. The molecule has 0 amide bonds. The molecule has 0 saturated heterocycles. The van der Waals surface area contributed by atoms with Crippen LogP contribution in [0.25, 0.3) is 10.8 Å². The maximum atomic E-state index is 6.24. The van der Waals surface area contributed by atoms with Crippen molar-refractivity contribution in [2.75, 3.05) is 0 Å². The fourth-order valence-electron chi connectivity index (χ4n) is 2.55. The van der Waals surface area contributed by atoms with Crippen LogP contribution in [0.3, 0.4) is 0 Å². The van der Waals surface area contributed by atoms with Crippen LogP contribution in [-0.2, 0) is 0 Å². The summed E-state index contributed by atoms with van der Waals surface area (Å²) in [5, 5.41) is 2.76. The Morgan fingerprint density at radius 2 is 1.65 bits per heavy atom. The van der Waals surface area contributed by atoms with E-state index >= 15 is 0 Å². The molecule has 108 valence electrons. The van der Waals surface area contributed by atoms with Gasteiger partial charge in [0.2, 0.25) is 0 Å². The van der Waals surface area contributed by atoms with E-state index in [1.165, 1.54) is 0 Å². The molecule has 20 heavy (non-hydrogen) atoms. The Labute approximate surface area is 125 Å². The summed E-state index contributed by atoms with van der Waals surface area (Å²) in [6, 6.07) is 11.7. The standard InChI is InChI=1S/C17H22ClNO/c1-11(19)16(17(2,3)4)20-15-10-9-14(18)12-7-5-6-8-13(12)15/h5-11,16H,19H2,1-4H3. The van der Waals surface area contributed by atoms with Crippen LogP contribution in [-0.4, -0.2) is 12.1 Å². The van der Waals surface area contributed by atoms with Crippen molar-refractivity contribution in [3.63, 3.8) is 0 Å². The molecule has 0 aliphatic carbocycles. The first-order valence-corrected chi connectivity index (χ1v) is 7.28. The summed E-state index contributed by atoms with van der Waals surface area (Å²) in [7, 11) is 0. The molecule has 2 rings (SSSR count). The maximum absolute atomic E-state index is 6.24. The Morgan fingerprint density at radius 3 is 2.20 bits per heavy atom. The second-order valence-electron chi connectivity index (χ2n) is 6.35. The van der Waals surface area contributed by atoms with Crippen molar-refractivity contribution < 1.29 is 4.74 Å². The third-order valence-electron chi connectivity index (χ3n) is 3.42. The van der Waals surface area contributed by atoms with E-state index in [-0.39, 0.29) is 17.6 Å². The third-order valence-corrected chi connectivity index (χ3v) is 3.75. The van der Waals surface area contributed by atoms with Crippen molar-refractivity contribution in [3.05, 3.63) is 41.4 Å². The first kappa shape index (κ1) is 15.1. The van der Waals surface area contributed by atoms with E-state index in [1.807, 2.05) is 43.3 Å². The lowest BCUT2D eigenvalue weighted by molar-refractivity contribution is 0.0699. The van der Waals surface area contributed by atoms with Crippen LogP contribution in [0.2, 0.25) is 5.02 Å². The van der Waals surface area contributed by atoms with Crippen LogP contribution in [0.5, 0.6) is 5.75 Å². The normalized spacial score (nSPS) is 15.1. The molecule has 0 heterocycles. The fourth-order valence-corrected chi connectivity index (χ4v) is 2.77. The number of fused-ring (bicyclic) bond motifs is 1. The molecule has 2 aromatic rings. The van der Waals surface area contributed by atoms with Gasteiger partial charge in [0.15, 0.2) is 0 Å². The van der Waals surface area contributed by atoms with E-state index in [1.54, 1.807) is 0 Å². The third kappa shape index (κ3) is 3.08. The minimum atomic E-state index is -0.0629. The molecule has 2 nitrogen and oxygen atoms in total. The highest BCUT2D eigenvalue weighted by atomic mass is 35.5. The van der Waals surface area contributed by atoms with Crippen molar-refractivity contribution in [3.8, 4) is 5.75 Å². The summed E-state index contributed by atoms with van der Waals surface area (Å²) >= 11 is 6.24. The van der Waals surface area contributed by atoms with Gasteiger partial charge in [0.1, 0.15) is 11.9 Å². The van der Waals surface area contributed by atoms with Crippen LogP contribution in [0.15, 0.2) is 36.4 Å². The summed E-state index contributed by atoms with van der Waals surface area (Å²) in [4.78, 5) is 0. The van der Waals surface area contributed by atoms with Crippen LogP contribution in [0.1, 0.15) is 27.7 Å². The molecule has 0 aromatic heterocycles. The predicted molar refractivity (Wildman–Crippen MR) is 86.5 cm³/mol. The Balaban J connectivity index is 2.46. The molecule has 0 fully saturated rings. The molecule has 0 aliphatic rings. The van der Waals surface area contributed by atoms with Crippen LogP contribution in [0, 0.1) is 5.41 Å². The Kier molecular flexibility index (Phi) is 4.26. The van der Waals surface area contributed by atoms with Gasteiger partial charge in [0.25, 0.3) is 0 Å². The Morgan fingerprint density at radius 1 is 1.05 bits per heavy atom. The first-order chi connectivity index (χ1) is 9.30. The van der Waals surface area contributed by atoms with Gasteiger partial charge in [0.05, 0.1) is 0 Å². The number of benzene rings is 2. The number of halogens is 1. The van der Waals surface area contributed by atoms with Gasteiger partial charge in [-0.3, -0.25) is 0 Å². The quantitative estimate of drug-likeness (QED) is 0.894. The van der Waals surface area contributed by atoms with E-state index in [0.29, 0.717) is 0 Å². The number of hydrogen-bond donors (Lipinski definition) is 1. The minimum Gasteiger partial charge on any atom is -0.488 e. The molecule has 0 radical (unpaired) electrons. The molecule has 0 spiro atoms. The zero-order valence-corrected chi connectivity index (χ0v) is 13.2. The topological polar surface area (TPSA) is 35.2 Å². The molecule has 2 N–H and O–H groups in total. The first-order valence-electron chi connectivity index (χ1n) is 6.90. The smallest absolute Gasteiger partial charge is 0.127 e. The zero-order valence-electron chi connectivity index (χ0n) is 12.5. The van der Waals surface area contributed by atoms with Crippen LogP contribution >= 0.6 is 11.6 Å². The van der Waals surface area contributed by atoms with Gasteiger partial charge in [-0.1, -0.05) is 56.6 Å². The largest absolute Gasteiger partial charge is 0.488 e. The molecule has 2 atom stereocenters. The van der Waals surface area contributed by atoms with Gasteiger partial charge in [-0.15, -0.1) is 0 Å². The predicted octanol–water partition coefficient (Wildman–Crippen LogP) is 4.63. The summed E-state index contributed by atoms with van der Waals surface area (Å²) < 4.78 is 6.22. The second-order valence-corrected chi connectivity index (χ2v) is 6.76. The van der Waals surface area contributed by atoms with Crippen molar-refractivity contribution in [1.82, 2.24) is 0 Å². The van der Waals surface area contributed by atoms with Crippen molar-refractivity contribution in [2.45, 2.75) is 39.8 Å². The molecular formula is C17H22ClNO. The Hall–Kier alpha value is -1.25. The lowest BCUT2D eigenvalue weighted by atomic mass is 9.85. The van der Waals surface area contributed by atoms with Gasteiger partial charge in [-0.05, 0) is 19.1 Å². The molecule has 3 heteroatoms. The number of nitrogens with two attached hydrogens (primary N) is 1. The molecule has 0 saturated carbocycles. The van der Waals surface area contributed by atoms with Crippen molar-refractivity contribution in [1.29, 1.82) is 0 Å². The fraction of sp³-hybridized carbons (Fsp3) is 0.412. The van der Waals surface area contributed by atoms with Crippen molar-refractivity contribution >= 4 is 22.4 Å². The molecule has 0 bridgehead atoms. The number of hydrogen-bond acceptors (Lipinski definition) is 2. The lowest BCUT2D eigenvalue weighted by Crippen LogP contribution is -2.45. The molecule has 0 aliphatic heterocycles. The highest BCUT2D eigenvalue weighted by Crippen LogP contribution is 2.34. The van der Waals surface area contributed by atoms with Gasteiger partial charge in [-0.2, -0.15) is 0 Å². The van der Waals surface area contributed by atoms with E-state index in [2.05, 4.69) is 20.8 Å². The van der Waals surface area contributed by atoms with Gasteiger partial charge in [0, 0.05) is 27.3 Å². The van der Waals surface area contributed by atoms with Crippen LogP contribution in [0.4, 0.5) is 0 Å². The average molecular weight is 292 g/mol. The van der Waals surface area contributed by atoms with Gasteiger partial charge < -0.3 is 10.5 Å². The average Bonchev–Trinajstić information content (AvgIpc) is 2.36.